The standard InChI is InChI=1S/C11H14FNO2.ClH/c1-14-10-3-2-8(6-9(10)12)15-7-11(13)4-5-11;/h2-3,6H,4-5,7,13H2,1H3;1H. The highest BCUT2D eigenvalue weighted by Crippen LogP contribution is 2.33. The van der Waals surface area contributed by atoms with Crippen molar-refractivity contribution in [3.63, 3.8) is 0 Å². The monoisotopic (exact) mass is 247 g/mol. The molecule has 1 saturated carbocycles. The molecule has 0 aromatic heterocycles. The van der Waals surface area contributed by atoms with E-state index in [0.29, 0.717) is 12.4 Å². The van der Waals surface area contributed by atoms with Crippen LogP contribution in [-0.4, -0.2) is 19.3 Å². The first kappa shape index (κ1) is 13.1. The van der Waals surface area contributed by atoms with E-state index < -0.39 is 5.82 Å². The topological polar surface area (TPSA) is 44.5 Å². The molecule has 2 rings (SSSR count). The van der Waals surface area contributed by atoms with Gasteiger partial charge in [0.2, 0.25) is 0 Å². The minimum atomic E-state index is -0.420. The van der Waals surface area contributed by atoms with Crippen molar-refractivity contribution in [2.45, 2.75) is 18.4 Å². The van der Waals surface area contributed by atoms with Crippen LogP contribution in [-0.2, 0) is 0 Å². The summed E-state index contributed by atoms with van der Waals surface area (Å²) in [7, 11) is 1.43. The normalized spacial score (nSPS) is 16.2. The van der Waals surface area contributed by atoms with Gasteiger partial charge in [-0.15, -0.1) is 12.4 Å². The lowest BCUT2D eigenvalue weighted by molar-refractivity contribution is 0.277. The number of nitrogens with two attached hydrogens (primary N) is 1. The maximum absolute atomic E-state index is 13.2. The van der Waals surface area contributed by atoms with E-state index in [-0.39, 0.29) is 23.7 Å². The lowest BCUT2D eigenvalue weighted by Gasteiger charge is -2.11. The average Bonchev–Trinajstić information content (AvgIpc) is 2.95. The molecule has 3 nitrogen and oxygen atoms in total. The fraction of sp³-hybridized carbons (Fsp3) is 0.455. The Morgan fingerprint density at radius 3 is 2.62 bits per heavy atom. The quantitative estimate of drug-likeness (QED) is 0.887. The van der Waals surface area contributed by atoms with Gasteiger partial charge in [0.15, 0.2) is 11.6 Å². The van der Waals surface area contributed by atoms with Crippen molar-refractivity contribution in [2.24, 2.45) is 5.73 Å². The molecule has 1 aliphatic carbocycles. The van der Waals surface area contributed by atoms with Crippen molar-refractivity contribution >= 4 is 12.4 Å². The lowest BCUT2D eigenvalue weighted by atomic mass is 10.3. The molecule has 90 valence electrons. The molecule has 0 atom stereocenters. The molecule has 2 N–H and O–H groups in total. The Bertz CT molecular complexity index is 369. The van der Waals surface area contributed by atoms with E-state index in [1.807, 2.05) is 0 Å². The van der Waals surface area contributed by atoms with E-state index in [2.05, 4.69) is 0 Å². The molecular weight excluding hydrogens is 233 g/mol. The van der Waals surface area contributed by atoms with Crippen LogP contribution in [0.2, 0.25) is 0 Å². The summed E-state index contributed by atoms with van der Waals surface area (Å²) >= 11 is 0. The molecule has 5 heteroatoms. The van der Waals surface area contributed by atoms with Crippen molar-refractivity contribution in [2.75, 3.05) is 13.7 Å². The first-order chi connectivity index (χ1) is 7.13. The summed E-state index contributed by atoms with van der Waals surface area (Å²) in [5, 5.41) is 0. The fourth-order valence-corrected chi connectivity index (χ4v) is 1.27. The summed E-state index contributed by atoms with van der Waals surface area (Å²) in [6.07, 6.45) is 1.96. The highest BCUT2D eigenvalue weighted by atomic mass is 35.5. The van der Waals surface area contributed by atoms with Gasteiger partial charge in [0, 0.05) is 6.07 Å². The van der Waals surface area contributed by atoms with Crippen LogP contribution in [0.15, 0.2) is 18.2 Å². The van der Waals surface area contributed by atoms with Gasteiger partial charge in [-0.2, -0.15) is 0 Å². The summed E-state index contributed by atoms with van der Waals surface area (Å²) in [5.74, 6) is 0.290. The molecular formula is C11H15ClFNO2. The first-order valence-electron chi connectivity index (χ1n) is 4.88. The third-order valence-electron chi connectivity index (χ3n) is 2.54. The number of hydrogen-bond donors (Lipinski definition) is 1. The second-order valence-electron chi connectivity index (χ2n) is 3.95. The Labute approximate surface area is 100 Å². The zero-order chi connectivity index (χ0) is 10.9. The maximum atomic E-state index is 13.2. The summed E-state index contributed by atoms with van der Waals surface area (Å²) in [6.45, 7) is 0.443. The average molecular weight is 248 g/mol. The molecule has 0 amide bonds. The Kier molecular flexibility index (Phi) is 3.99. The minimum Gasteiger partial charge on any atom is -0.494 e. The third-order valence-corrected chi connectivity index (χ3v) is 2.54. The van der Waals surface area contributed by atoms with Crippen LogP contribution in [0.25, 0.3) is 0 Å². The van der Waals surface area contributed by atoms with Crippen molar-refractivity contribution < 1.29 is 13.9 Å². The van der Waals surface area contributed by atoms with Crippen LogP contribution >= 0.6 is 12.4 Å². The third kappa shape index (κ3) is 3.00. The van der Waals surface area contributed by atoms with Gasteiger partial charge in [0.1, 0.15) is 12.4 Å². The van der Waals surface area contributed by atoms with Crippen LogP contribution in [0.4, 0.5) is 4.39 Å². The fourth-order valence-electron chi connectivity index (χ4n) is 1.27. The highest BCUT2D eigenvalue weighted by Gasteiger charge is 2.39. The van der Waals surface area contributed by atoms with Gasteiger partial charge in [-0.1, -0.05) is 0 Å². The number of halogens is 2. The summed E-state index contributed by atoms with van der Waals surface area (Å²) < 4.78 is 23.4. The SMILES string of the molecule is COc1ccc(OCC2(N)CC2)cc1F.Cl. The van der Waals surface area contributed by atoms with E-state index in [1.54, 1.807) is 12.1 Å². The zero-order valence-electron chi connectivity index (χ0n) is 9.03. The molecule has 0 heterocycles. The van der Waals surface area contributed by atoms with E-state index in [0.717, 1.165) is 12.8 Å². The molecule has 0 spiro atoms. The second-order valence-corrected chi connectivity index (χ2v) is 3.95. The van der Waals surface area contributed by atoms with Gasteiger partial charge in [0.25, 0.3) is 0 Å². The Morgan fingerprint density at radius 1 is 1.44 bits per heavy atom. The minimum absolute atomic E-state index is 0. The first-order valence-corrected chi connectivity index (χ1v) is 4.88. The molecule has 0 aliphatic heterocycles. The van der Waals surface area contributed by atoms with Gasteiger partial charge < -0.3 is 15.2 Å². The summed E-state index contributed by atoms with van der Waals surface area (Å²) in [6, 6.07) is 4.53. The number of benzene rings is 1. The van der Waals surface area contributed by atoms with Gasteiger partial charge in [0.05, 0.1) is 12.6 Å². The molecule has 1 aromatic rings. The molecule has 0 bridgehead atoms. The zero-order valence-corrected chi connectivity index (χ0v) is 9.85. The maximum Gasteiger partial charge on any atom is 0.168 e. The van der Waals surface area contributed by atoms with Crippen molar-refractivity contribution in [1.29, 1.82) is 0 Å². The Balaban J connectivity index is 0.00000128. The number of rotatable bonds is 4. The molecule has 1 fully saturated rings. The smallest absolute Gasteiger partial charge is 0.168 e. The molecule has 1 aliphatic rings. The summed E-state index contributed by atoms with van der Waals surface area (Å²) in [5.41, 5.74) is 5.66. The van der Waals surface area contributed by atoms with Gasteiger partial charge in [-0.25, -0.2) is 4.39 Å². The predicted molar refractivity (Wildman–Crippen MR) is 61.8 cm³/mol. The Morgan fingerprint density at radius 2 is 2.12 bits per heavy atom. The van der Waals surface area contributed by atoms with E-state index in [1.165, 1.54) is 13.2 Å². The van der Waals surface area contributed by atoms with Crippen LogP contribution in [0, 0.1) is 5.82 Å². The second kappa shape index (κ2) is 4.89. The lowest BCUT2D eigenvalue weighted by Crippen LogP contribution is -2.29. The van der Waals surface area contributed by atoms with Crippen LogP contribution < -0.4 is 15.2 Å². The van der Waals surface area contributed by atoms with Gasteiger partial charge in [-0.3, -0.25) is 0 Å². The van der Waals surface area contributed by atoms with E-state index in [4.69, 9.17) is 15.2 Å². The van der Waals surface area contributed by atoms with E-state index in [9.17, 15) is 4.39 Å². The molecule has 16 heavy (non-hydrogen) atoms. The molecule has 0 radical (unpaired) electrons. The number of ether oxygens (including phenoxy) is 2. The number of hydrogen-bond acceptors (Lipinski definition) is 3. The van der Waals surface area contributed by atoms with Crippen molar-refractivity contribution in [3.8, 4) is 11.5 Å². The van der Waals surface area contributed by atoms with Crippen molar-refractivity contribution in [1.82, 2.24) is 0 Å². The molecule has 0 saturated heterocycles. The summed E-state index contributed by atoms with van der Waals surface area (Å²) in [4.78, 5) is 0. The van der Waals surface area contributed by atoms with Crippen LogP contribution in [0.5, 0.6) is 11.5 Å². The Hall–Kier alpha value is -1.00. The van der Waals surface area contributed by atoms with Gasteiger partial charge in [-0.05, 0) is 25.0 Å². The molecule has 1 aromatic carbocycles. The molecule has 0 unspecified atom stereocenters. The van der Waals surface area contributed by atoms with Gasteiger partial charge >= 0.3 is 0 Å². The van der Waals surface area contributed by atoms with Crippen LogP contribution in [0.1, 0.15) is 12.8 Å². The van der Waals surface area contributed by atoms with Crippen LogP contribution in [0.3, 0.4) is 0 Å². The largest absolute Gasteiger partial charge is 0.494 e. The highest BCUT2D eigenvalue weighted by molar-refractivity contribution is 5.85. The van der Waals surface area contributed by atoms with E-state index >= 15 is 0 Å². The van der Waals surface area contributed by atoms with Crippen molar-refractivity contribution in [3.05, 3.63) is 24.0 Å². The predicted octanol–water partition coefficient (Wildman–Crippen LogP) is 2.13. The number of methoxy groups -OCH3 is 1.